The zero-order chi connectivity index (χ0) is 42.3. The minimum atomic E-state index is -0.0972. The summed E-state index contributed by atoms with van der Waals surface area (Å²) < 4.78 is 0. The first-order chi connectivity index (χ1) is 31.0. The molecule has 0 bridgehead atoms. The molecular formula is C60H43N3. The van der Waals surface area contributed by atoms with Crippen molar-refractivity contribution in [1.82, 2.24) is 15.0 Å². The number of benzene rings is 9. The van der Waals surface area contributed by atoms with E-state index in [2.05, 4.69) is 226 Å². The van der Waals surface area contributed by atoms with Gasteiger partial charge in [0.2, 0.25) is 0 Å². The summed E-state index contributed by atoms with van der Waals surface area (Å²) in [5, 5.41) is 0. The van der Waals surface area contributed by atoms with Crippen molar-refractivity contribution in [3.63, 3.8) is 0 Å². The molecule has 63 heavy (non-hydrogen) atoms. The molecule has 1 heterocycles. The molecule has 0 saturated carbocycles. The van der Waals surface area contributed by atoms with Crippen molar-refractivity contribution < 1.29 is 0 Å². The maximum atomic E-state index is 5.41. The second-order valence-corrected chi connectivity index (χ2v) is 16.8. The second kappa shape index (κ2) is 15.8. The number of hydrogen-bond donors (Lipinski definition) is 0. The predicted molar refractivity (Wildman–Crippen MR) is 261 cm³/mol. The Balaban J connectivity index is 1.16. The molecule has 11 rings (SSSR count). The van der Waals surface area contributed by atoms with E-state index in [9.17, 15) is 0 Å². The number of nitrogens with zero attached hydrogens (tertiary/aromatic N) is 3. The molecule has 0 spiro atoms. The zero-order valence-corrected chi connectivity index (χ0v) is 35.2. The molecule has 0 N–H and O–H groups in total. The van der Waals surface area contributed by atoms with Crippen LogP contribution < -0.4 is 0 Å². The summed E-state index contributed by atoms with van der Waals surface area (Å²) in [6.45, 7) is 4.67. The molecule has 3 nitrogen and oxygen atoms in total. The maximum Gasteiger partial charge on any atom is 0.164 e. The van der Waals surface area contributed by atoms with Gasteiger partial charge in [-0.3, -0.25) is 0 Å². The van der Waals surface area contributed by atoms with E-state index in [0.717, 1.165) is 72.3 Å². The lowest BCUT2D eigenvalue weighted by Gasteiger charge is -2.22. The van der Waals surface area contributed by atoms with Gasteiger partial charge in [0, 0.05) is 27.7 Å². The topological polar surface area (TPSA) is 38.7 Å². The molecule has 0 aliphatic heterocycles. The van der Waals surface area contributed by atoms with Crippen molar-refractivity contribution in [3.8, 4) is 101 Å². The van der Waals surface area contributed by atoms with Gasteiger partial charge in [0.15, 0.2) is 17.5 Å². The first-order valence-corrected chi connectivity index (χ1v) is 21.6. The van der Waals surface area contributed by atoms with Gasteiger partial charge in [-0.1, -0.05) is 220 Å². The Morgan fingerprint density at radius 2 is 0.619 bits per heavy atom. The van der Waals surface area contributed by atoms with Crippen LogP contribution in [0.15, 0.2) is 224 Å². The minimum Gasteiger partial charge on any atom is -0.208 e. The Morgan fingerprint density at radius 1 is 0.254 bits per heavy atom. The molecule has 0 fully saturated rings. The van der Waals surface area contributed by atoms with E-state index in [1.165, 1.54) is 22.3 Å². The van der Waals surface area contributed by atoms with E-state index in [1.807, 2.05) is 12.1 Å². The minimum absolute atomic E-state index is 0.0972. The van der Waals surface area contributed by atoms with Gasteiger partial charge in [0.1, 0.15) is 0 Å². The Hall–Kier alpha value is -8.01. The van der Waals surface area contributed by atoms with Gasteiger partial charge < -0.3 is 0 Å². The van der Waals surface area contributed by atoms with Crippen LogP contribution in [0.25, 0.3) is 101 Å². The highest BCUT2D eigenvalue weighted by Gasteiger charge is 2.35. The van der Waals surface area contributed by atoms with Crippen molar-refractivity contribution >= 4 is 0 Å². The molecule has 10 aromatic rings. The summed E-state index contributed by atoms with van der Waals surface area (Å²) >= 11 is 0. The quantitative estimate of drug-likeness (QED) is 0.154. The maximum absolute atomic E-state index is 5.41. The van der Waals surface area contributed by atoms with Crippen LogP contribution in [0.2, 0.25) is 0 Å². The van der Waals surface area contributed by atoms with E-state index < -0.39 is 0 Å². The Kier molecular flexibility index (Phi) is 9.51. The highest BCUT2D eigenvalue weighted by atomic mass is 15.0. The number of rotatable bonds is 8. The van der Waals surface area contributed by atoms with Crippen molar-refractivity contribution in [2.24, 2.45) is 0 Å². The van der Waals surface area contributed by atoms with Crippen LogP contribution in [0, 0.1) is 0 Å². The van der Waals surface area contributed by atoms with Crippen LogP contribution in [-0.4, -0.2) is 15.0 Å². The number of hydrogen-bond acceptors (Lipinski definition) is 3. The molecule has 1 aliphatic rings. The zero-order valence-electron chi connectivity index (χ0n) is 35.2. The van der Waals surface area contributed by atoms with Gasteiger partial charge in [0.05, 0.1) is 0 Å². The van der Waals surface area contributed by atoms with Crippen LogP contribution in [0.3, 0.4) is 0 Å². The molecule has 298 valence electrons. The molecule has 0 atom stereocenters. The molecule has 1 aliphatic carbocycles. The molecule has 0 unspecified atom stereocenters. The van der Waals surface area contributed by atoms with Gasteiger partial charge in [-0.05, 0) is 90.5 Å². The largest absolute Gasteiger partial charge is 0.208 e. The van der Waals surface area contributed by atoms with Crippen LogP contribution in [-0.2, 0) is 5.41 Å². The lowest BCUT2D eigenvalue weighted by Crippen LogP contribution is -2.14. The van der Waals surface area contributed by atoms with E-state index in [0.29, 0.717) is 17.5 Å². The highest BCUT2D eigenvalue weighted by Crippen LogP contribution is 2.51. The number of fused-ring (bicyclic) bond motifs is 3. The second-order valence-electron chi connectivity index (χ2n) is 16.8. The first-order valence-electron chi connectivity index (χ1n) is 21.6. The normalized spacial score (nSPS) is 12.4. The van der Waals surface area contributed by atoms with Crippen molar-refractivity contribution in [3.05, 3.63) is 236 Å². The van der Waals surface area contributed by atoms with E-state index >= 15 is 0 Å². The van der Waals surface area contributed by atoms with E-state index in [-0.39, 0.29) is 5.41 Å². The van der Waals surface area contributed by atoms with E-state index in [4.69, 9.17) is 15.0 Å². The van der Waals surface area contributed by atoms with Gasteiger partial charge in [-0.25, -0.2) is 15.0 Å². The molecule has 0 saturated heterocycles. The Morgan fingerprint density at radius 3 is 1.16 bits per heavy atom. The molecule has 9 aromatic carbocycles. The standard InChI is InChI=1S/C60H43N3/c1-60(2)54-26-16-15-25-50(54)52-37-48(35-36-55(52)60)51-38-49(42-21-11-5-12-22-42)39-53(56(51)45-23-13-6-14-24-45)59-62-57(46-31-27-43(28-32-46)40-17-7-3-8-18-40)61-58(63-59)47-33-29-44(30-34-47)41-19-9-4-10-20-41/h3-39H,1-2H3. The highest BCUT2D eigenvalue weighted by molar-refractivity contribution is 5.98. The van der Waals surface area contributed by atoms with Crippen LogP contribution in [0.1, 0.15) is 25.0 Å². The SMILES string of the molecule is CC1(C)c2ccccc2-c2cc(-c3cc(-c4ccccc4)cc(-c4nc(-c5ccc(-c6ccccc6)cc5)nc(-c5ccc(-c6ccccc6)cc5)n4)c3-c3ccccc3)ccc21. The van der Waals surface area contributed by atoms with Gasteiger partial charge >= 0.3 is 0 Å². The molecule has 0 radical (unpaired) electrons. The monoisotopic (exact) mass is 805 g/mol. The Bertz CT molecular complexity index is 3150. The third kappa shape index (κ3) is 7.04. The predicted octanol–water partition coefficient (Wildman–Crippen LogP) is 15.5. The van der Waals surface area contributed by atoms with Crippen molar-refractivity contribution in [2.45, 2.75) is 19.3 Å². The Labute approximate surface area is 369 Å². The molecular weight excluding hydrogens is 763 g/mol. The average Bonchev–Trinajstić information content (AvgIpc) is 3.59. The number of aromatic nitrogens is 3. The van der Waals surface area contributed by atoms with Gasteiger partial charge in [-0.2, -0.15) is 0 Å². The fraction of sp³-hybridized carbons (Fsp3) is 0.0500. The lowest BCUT2D eigenvalue weighted by atomic mass is 9.81. The summed E-state index contributed by atoms with van der Waals surface area (Å²) in [5.41, 5.74) is 19.2. The van der Waals surface area contributed by atoms with Crippen molar-refractivity contribution in [1.29, 1.82) is 0 Å². The van der Waals surface area contributed by atoms with Crippen molar-refractivity contribution in [2.75, 3.05) is 0 Å². The van der Waals surface area contributed by atoms with Gasteiger partial charge in [-0.15, -0.1) is 0 Å². The van der Waals surface area contributed by atoms with Gasteiger partial charge in [0.25, 0.3) is 0 Å². The van der Waals surface area contributed by atoms with E-state index in [1.54, 1.807) is 0 Å². The summed E-state index contributed by atoms with van der Waals surface area (Å²) in [4.78, 5) is 16.0. The fourth-order valence-electron chi connectivity index (χ4n) is 9.29. The third-order valence-electron chi connectivity index (χ3n) is 12.6. The molecule has 1 aromatic heterocycles. The van der Waals surface area contributed by atoms with Crippen LogP contribution in [0.5, 0.6) is 0 Å². The third-order valence-corrected chi connectivity index (χ3v) is 12.6. The summed E-state index contributed by atoms with van der Waals surface area (Å²) in [6.07, 6.45) is 0. The average molecular weight is 806 g/mol. The summed E-state index contributed by atoms with van der Waals surface area (Å²) in [5.74, 6) is 1.84. The molecule has 3 heteroatoms. The van der Waals surface area contributed by atoms with Crippen LogP contribution >= 0.6 is 0 Å². The van der Waals surface area contributed by atoms with Crippen LogP contribution in [0.4, 0.5) is 0 Å². The first kappa shape index (κ1) is 38.0. The molecule has 0 amide bonds. The fourth-order valence-corrected chi connectivity index (χ4v) is 9.29. The summed E-state index contributed by atoms with van der Waals surface area (Å²) in [7, 11) is 0. The lowest BCUT2D eigenvalue weighted by molar-refractivity contribution is 0.660. The smallest absolute Gasteiger partial charge is 0.164 e. The summed E-state index contributed by atoms with van der Waals surface area (Å²) in [6, 6.07) is 79.9.